The average Bonchev–Trinajstić information content (AvgIpc) is 2.52. The molecule has 21 heavy (non-hydrogen) atoms. The number of aryl methyl sites for hydroxylation is 1. The van der Waals surface area contributed by atoms with E-state index in [2.05, 4.69) is 57.5 Å². The van der Waals surface area contributed by atoms with Crippen LogP contribution in [0.5, 0.6) is 0 Å². The van der Waals surface area contributed by atoms with Crippen molar-refractivity contribution in [3.05, 3.63) is 76.0 Å². The molecule has 3 aromatic rings. The lowest BCUT2D eigenvalue weighted by atomic mass is 9.95. The summed E-state index contributed by atoms with van der Waals surface area (Å²) in [5.74, 6) is 5.83. The van der Waals surface area contributed by atoms with Crippen molar-refractivity contribution in [1.82, 2.24) is 10.4 Å². The standard InChI is InChI=1S/C17H16BrN3/c1-11-8-12(6-7-16(11)18)17(21-19)15-10-20-9-13-4-2-3-5-14(13)15/h2-10,17,21H,19H2,1H3. The molecular weight excluding hydrogens is 326 g/mol. The van der Waals surface area contributed by atoms with Gasteiger partial charge in [0.15, 0.2) is 0 Å². The monoisotopic (exact) mass is 341 g/mol. The van der Waals surface area contributed by atoms with Crippen LogP contribution in [0.4, 0.5) is 0 Å². The zero-order valence-corrected chi connectivity index (χ0v) is 13.3. The summed E-state index contributed by atoms with van der Waals surface area (Å²) in [6.45, 7) is 2.07. The van der Waals surface area contributed by atoms with Gasteiger partial charge in [-0.1, -0.05) is 52.3 Å². The highest BCUT2D eigenvalue weighted by Crippen LogP contribution is 2.29. The number of halogens is 1. The van der Waals surface area contributed by atoms with Gasteiger partial charge in [-0.05, 0) is 29.5 Å². The molecule has 0 amide bonds. The van der Waals surface area contributed by atoms with Crippen molar-refractivity contribution in [2.75, 3.05) is 0 Å². The van der Waals surface area contributed by atoms with Crippen LogP contribution in [0, 0.1) is 6.92 Å². The van der Waals surface area contributed by atoms with Crippen molar-refractivity contribution in [3.63, 3.8) is 0 Å². The van der Waals surface area contributed by atoms with Gasteiger partial charge in [0.25, 0.3) is 0 Å². The van der Waals surface area contributed by atoms with E-state index in [0.29, 0.717) is 0 Å². The Balaban J connectivity index is 2.16. The van der Waals surface area contributed by atoms with Crippen LogP contribution in [0.15, 0.2) is 59.3 Å². The van der Waals surface area contributed by atoms with Gasteiger partial charge in [0.1, 0.15) is 0 Å². The lowest BCUT2D eigenvalue weighted by Crippen LogP contribution is -2.29. The Bertz CT molecular complexity index is 781. The fourth-order valence-corrected chi connectivity index (χ4v) is 2.83. The quantitative estimate of drug-likeness (QED) is 0.561. The molecule has 0 fully saturated rings. The van der Waals surface area contributed by atoms with Crippen LogP contribution in [0.25, 0.3) is 10.8 Å². The number of nitrogens with one attached hydrogen (secondary N) is 1. The highest BCUT2D eigenvalue weighted by atomic mass is 79.9. The van der Waals surface area contributed by atoms with Crippen molar-refractivity contribution < 1.29 is 0 Å². The maximum Gasteiger partial charge on any atom is 0.0731 e. The number of hydrogen-bond acceptors (Lipinski definition) is 3. The maximum absolute atomic E-state index is 5.83. The topological polar surface area (TPSA) is 50.9 Å². The van der Waals surface area contributed by atoms with Crippen LogP contribution in [0.3, 0.4) is 0 Å². The molecule has 1 heterocycles. The van der Waals surface area contributed by atoms with Crippen molar-refractivity contribution in [2.45, 2.75) is 13.0 Å². The summed E-state index contributed by atoms with van der Waals surface area (Å²) >= 11 is 3.53. The number of hydrazine groups is 1. The summed E-state index contributed by atoms with van der Waals surface area (Å²) in [7, 11) is 0. The van der Waals surface area contributed by atoms with Gasteiger partial charge < -0.3 is 0 Å². The molecule has 3 rings (SSSR count). The number of benzene rings is 2. The molecule has 4 heteroatoms. The Kier molecular flexibility index (Phi) is 4.01. The molecule has 3 nitrogen and oxygen atoms in total. The third-order valence-corrected chi connectivity index (χ3v) is 4.58. The number of fused-ring (bicyclic) bond motifs is 1. The molecule has 0 aliphatic heterocycles. The van der Waals surface area contributed by atoms with E-state index < -0.39 is 0 Å². The highest BCUT2D eigenvalue weighted by Gasteiger charge is 2.16. The van der Waals surface area contributed by atoms with Gasteiger partial charge in [0, 0.05) is 27.8 Å². The summed E-state index contributed by atoms with van der Waals surface area (Å²) < 4.78 is 1.10. The molecule has 0 spiro atoms. The summed E-state index contributed by atoms with van der Waals surface area (Å²) in [6.07, 6.45) is 3.75. The molecule has 0 aliphatic carbocycles. The number of rotatable bonds is 3. The van der Waals surface area contributed by atoms with E-state index in [0.717, 1.165) is 26.4 Å². The van der Waals surface area contributed by atoms with Crippen LogP contribution < -0.4 is 11.3 Å². The third kappa shape index (κ3) is 2.70. The maximum atomic E-state index is 5.83. The van der Waals surface area contributed by atoms with Gasteiger partial charge in [0.2, 0.25) is 0 Å². The van der Waals surface area contributed by atoms with Crippen molar-refractivity contribution in [3.8, 4) is 0 Å². The fourth-order valence-electron chi connectivity index (χ4n) is 2.58. The Morgan fingerprint density at radius 2 is 1.95 bits per heavy atom. The predicted octanol–water partition coefficient (Wildman–Crippen LogP) is 3.86. The minimum Gasteiger partial charge on any atom is -0.271 e. The summed E-state index contributed by atoms with van der Waals surface area (Å²) in [5, 5.41) is 2.28. The molecule has 0 radical (unpaired) electrons. The first-order valence-corrected chi connectivity index (χ1v) is 7.55. The number of pyridine rings is 1. The Morgan fingerprint density at radius 1 is 1.14 bits per heavy atom. The number of hydrogen-bond donors (Lipinski definition) is 2. The van der Waals surface area contributed by atoms with E-state index in [1.807, 2.05) is 30.6 Å². The second kappa shape index (κ2) is 5.93. The smallest absolute Gasteiger partial charge is 0.0731 e. The fraction of sp³-hybridized carbons (Fsp3) is 0.118. The molecule has 0 bridgehead atoms. The van der Waals surface area contributed by atoms with E-state index in [1.165, 1.54) is 5.56 Å². The summed E-state index contributed by atoms with van der Waals surface area (Å²) in [5.41, 5.74) is 6.30. The van der Waals surface area contributed by atoms with E-state index in [1.54, 1.807) is 0 Å². The van der Waals surface area contributed by atoms with Gasteiger partial charge >= 0.3 is 0 Å². The average molecular weight is 342 g/mol. The van der Waals surface area contributed by atoms with E-state index >= 15 is 0 Å². The molecule has 0 saturated carbocycles. The lowest BCUT2D eigenvalue weighted by molar-refractivity contribution is 0.638. The van der Waals surface area contributed by atoms with Gasteiger partial charge in [-0.3, -0.25) is 10.8 Å². The molecular formula is C17H16BrN3. The first-order chi connectivity index (χ1) is 10.2. The zero-order valence-electron chi connectivity index (χ0n) is 11.7. The molecule has 1 atom stereocenters. The van der Waals surface area contributed by atoms with E-state index in [9.17, 15) is 0 Å². The van der Waals surface area contributed by atoms with Gasteiger partial charge in [-0.15, -0.1) is 0 Å². The van der Waals surface area contributed by atoms with Gasteiger partial charge in [-0.2, -0.15) is 0 Å². The normalized spacial score (nSPS) is 12.5. The number of aromatic nitrogens is 1. The predicted molar refractivity (Wildman–Crippen MR) is 89.8 cm³/mol. The minimum absolute atomic E-state index is 0.0876. The zero-order chi connectivity index (χ0) is 14.8. The van der Waals surface area contributed by atoms with Crippen LogP contribution in [0.1, 0.15) is 22.7 Å². The Hall–Kier alpha value is -1.75. The second-order valence-corrected chi connectivity index (χ2v) is 5.91. The Morgan fingerprint density at radius 3 is 2.71 bits per heavy atom. The second-order valence-electron chi connectivity index (χ2n) is 5.06. The number of nitrogens with zero attached hydrogens (tertiary/aromatic N) is 1. The molecule has 2 aromatic carbocycles. The van der Waals surface area contributed by atoms with Crippen molar-refractivity contribution in [2.24, 2.45) is 5.84 Å². The van der Waals surface area contributed by atoms with E-state index in [-0.39, 0.29) is 6.04 Å². The van der Waals surface area contributed by atoms with Gasteiger partial charge in [-0.25, -0.2) is 5.43 Å². The highest BCUT2D eigenvalue weighted by molar-refractivity contribution is 9.10. The summed E-state index contributed by atoms with van der Waals surface area (Å²) in [6, 6.07) is 14.4. The molecule has 3 N–H and O–H groups in total. The molecule has 106 valence electrons. The van der Waals surface area contributed by atoms with Crippen LogP contribution in [-0.4, -0.2) is 4.98 Å². The molecule has 0 saturated heterocycles. The largest absolute Gasteiger partial charge is 0.271 e. The summed E-state index contributed by atoms with van der Waals surface area (Å²) in [4.78, 5) is 4.34. The van der Waals surface area contributed by atoms with Crippen LogP contribution >= 0.6 is 15.9 Å². The minimum atomic E-state index is -0.0876. The molecule has 1 unspecified atom stereocenters. The van der Waals surface area contributed by atoms with Crippen LogP contribution in [0.2, 0.25) is 0 Å². The molecule has 0 aliphatic rings. The van der Waals surface area contributed by atoms with Crippen molar-refractivity contribution in [1.29, 1.82) is 0 Å². The first-order valence-electron chi connectivity index (χ1n) is 6.75. The SMILES string of the molecule is Cc1cc(C(NN)c2cncc3ccccc23)ccc1Br. The first kappa shape index (κ1) is 14.2. The van der Waals surface area contributed by atoms with Crippen LogP contribution in [-0.2, 0) is 0 Å². The van der Waals surface area contributed by atoms with E-state index in [4.69, 9.17) is 5.84 Å². The lowest BCUT2D eigenvalue weighted by Gasteiger charge is -2.19. The van der Waals surface area contributed by atoms with Gasteiger partial charge in [0.05, 0.1) is 6.04 Å². The Labute approximate surface area is 132 Å². The van der Waals surface area contributed by atoms with Crippen molar-refractivity contribution >= 4 is 26.7 Å². The number of nitrogens with two attached hydrogens (primary N) is 1. The third-order valence-electron chi connectivity index (χ3n) is 3.69. The molecule has 1 aromatic heterocycles.